The van der Waals surface area contributed by atoms with E-state index >= 15 is 0 Å². The summed E-state index contributed by atoms with van der Waals surface area (Å²) in [6.45, 7) is 1.29. The molecular formula is C19H17F3N2O4. The van der Waals surface area contributed by atoms with Gasteiger partial charge in [-0.15, -0.1) is 13.2 Å². The number of benzene rings is 2. The van der Waals surface area contributed by atoms with E-state index in [0.717, 1.165) is 16.8 Å². The Kier molecular flexibility index (Phi) is 4.76. The van der Waals surface area contributed by atoms with Crippen LogP contribution in [0.25, 0.3) is 0 Å². The Morgan fingerprint density at radius 2 is 1.96 bits per heavy atom. The lowest BCUT2D eigenvalue weighted by atomic mass is 10.1. The molecule has 6 nitrogen and oxygen atoms in total. The van der Waals surface area contributed by atoms with Gasteiger partial charge in [0.2, 0.25) is 5.91 Å². The minimum absolute atomic E-state index is 0.0785. The molecule has 2 aliphatic rings. The number of fused-ring (bicyclic) bond motifs is 3. The zero-order chi connectivity index (χ0) is 19.7. The van der Waals surface area contributed by atoms with E-state index in [-0.39, 0.29) is 24.2 Å². The second-order valence-electron chi connectivity index (χ2n) is 6.52. The molecule has 4 rings (SSSR count). The quantitative estimate of drug-likeness (QED) is 0.816. The predicted octanol–water partition coefficient (Wildman–Crippen LogP) is 3.01. The highest BCUT2D eigenvalue weighted by molar-refractivity contribution is 6.00. The van der Waals surface area contributed by atoms with Crippen LogP contribution in [0.15, 0.2) is 36.4 Å². The van der Waals surface area contributed by atoms with Gasteiger partial charge in [-0.3, -0.25) is 4.79 Å². The van der Waals surface area contributed by atoms with Crippen LogP contribution in [-0.2, 0) is 17.8 Å². The van der Waals surface area contributed by atoms with Gasteiger partial charge in [0.15, 0.2) is 11.5 Å². The van der Waals surface area contributed by atoms with E-state index in [1.165, 1.54) is 12.1 Å². The summed E-state index contributed by atoms with van der Waals surface area (Å²) in [5, 5.41) is 5.97. The van der Waals surface area contributed by atoms with Gasteiger partial charge >= 0.3 is 6.36 Å². The minimum atomic E-state index is -4.70. The van der Waals surface area contributed by atoms with Crippen LogP contribution in [0.4, 0.5) is 18.9 Å². The number of amides is 1. The molecule has 0 bridgehead atoms. The Hall–Kier alpha value is -2.94. The molecule has 0 fully saturated rings. The molecular weight excluding hydrogens is 377 g/mol. The van der Waals surface area contributed by atoms with Gasteiger partial charge in [0, 0.05) is 24.3 Å². The number of ether oxygens (including phenoxy) is 3. The van der Waals surface area contributed by atoms with Gasteiger partial charge in [-0.25, -0.2) is 0 Å². The third-order valence-corrected chi connectivity index (χ3v) is 4.40. The van der Waals surface area contributed by atoms with Gasteiger partial charge in [0.1, 0.15) is 18.5 Å². The van der Waals surface area contributed by atoms with E-state index in [1.807, 2.05) is 0 Å². The maximum absolute atomic E-state index is 12.2. The number of alkyl halides is 3. The maximum atomic E-state index is 12.2. The maximum Gasteiger partial charge on any atom is 0.573 e. The standard InChI is InChI=1S/C19H17F3N2O4/c20-19(21,22)28-12-3-1-11(2-4-12)8-23-9-13-10-26-16-6-5-15-14(18(16)27-13)7-17(25)24-15/h1-6,13,23H,7-10H2,(H,24,25). The monoisotopic (exact) mass is 394 g/mol. The normalized spacial score (nSPS) is 17.8. The van der Waals surface area contributed by atoms with E-state index in [9.17, 15) is 18.0 Å². The minimum Gasteiger partial charge on any atom is -0.486 e. The Balaban J connectivity index is 1.31. The largest absolute Gasteiger partial charge is 0.573 e. The van der Waals surface area contributed by atoms with E-state index in [1.54, 1.807) is 24.3 Å². The third kappa shape index (κ3) is 4.14. The number of hydrogen-bond donors (Lipinski definition) is 2. The highest BCUT2D eigenvalue weighted by Crippen LogP contribution is 2.41. The first-order chi connectivity index (χ1) is 13.4. The number of carbonyl (C=O) groups is 1. The molecule has 28 heavy (non-hydrogen) atoms. The highest BCUT2D eigenvalue weighted by Gasteiger charge is 2.31. The van der Waals surface area contributed by atoms with Gasteiger partial charge in [-0.1, -0.05) is 12.1 Å². The lowest BCUT2D eigenvalue weighted by Crippen LogP contribution is -2.38. The lowest BCUT2D eigenvalue weighted by Gasteiger charge is -2.28. The second kappa shape index (κ2) is 7.23. The topological polar surface area (TPSA) is 68.8 Å². The average molecular weight is 394 g/mol. The fraction of sp³-hybridized carbons (Fsp3) is 0.316. The molecule has 1 atom stereocenters. The van der Waals surface area contributed by atoms with E-state index in [4.69, 9.17) is 9.47 Å². The second-order valence-corrected chi connectivity index (χ2v) is 6.52. The SMILES string of the molecule is O=C1Cc2c(ccc3c2OC(CNCc2ccc(OC(F)(F)F)cc2)CO3)N1. The van der Waals surface area contributed by atoms with E-state index in [2.05, 4.69) is 15.4 Å². The molecule has 0 spiro atoms. The molecule has 0 aliphatic carbocycles. The van der Waals surface area contributed by atoms with Crippen LogP contribution in [0.3, 0.4) is 0 Å². The highest BCUT2D eigenvalue weighted by atomic mass is 19.4. The number of halogens is 3. The van der Waals surface area contributed by atoms with Crippen LogP contribution in [-0.4, -0.2) is 31.5 Å². The molecule has 0 radical (unpaired) electrons. The van der Waals surface area contributed by atoms with Crippen LogP contribution >= 0.6 is 0 Å². The van der Waals surface area contributed by atoms with Gasteiger partial charge in [0.25, 0.3) is 0 Å². The van der Waals surface area contributed by atoms with Crippen molar-refractivity contribution in [2.45, 2.75) is 25.4 Å². The molecule has 0 aromatic heterocycles. The summed E-state index contributed by atoms with van der Waals surface area (Å²) in [6.07, 6.45) is -4.69. The van der Waals surface area contributed by atoms with Crippen molar-refractivity contribution >= 4 is 11.6 Å². The van der Waals surface area contributed by atoms with Crippen molar-refractivity contribution in [3.63, 3.8) is 0 Å². The van der Waals surface area contributed by atoms with Gasteiger partial charge < -0.3 is 24.8 Å². The van der Waals surface area contributed by atoms with Crippen molar-refractivity contribution in [3.8, 4) is 17.2 Å². The van der Waals surface area contributed by atoms with Crippen LogP contribution in [0.5, 0.6) is 17.2 Å². The van der Waals surface area contributed by atoms with Crippen molar-refractivity contribution in [3.05, 3.63) is 47.5 Å². The summed E-state index contributed by atoms with van der Waals surface area (Å²) in [4.78, 5) is 11.6. The zero-order valence-electron chi connectivity index (χ0n) is 14.6. The number of hydrogen-bond acceptors (Lipinski definition) is 5. The van der Waals surface area contributed by atoms with Crippen LogP contribution in [0.1, 0.15) is 11.1 Å². The van der Waals surface area contributed by atoms with Gasteiger partial charge in [-0.05, 0) is 29.8 Å². The number of nitrogens with one attached hydrogen (secondary N) is 2. The fourth-order valence-electron chi connectivity index (χ4n) is 3.17. The van der Waals surface area contributed by atoms with Crippen molar-refractivity contribution in [1.82, 2.24) is 5.32 Å². The number of rotatable bonds is 5. The zero-order valence-corrected chi connectivity index (χ0v) is 14.6. The Labute approximate surface area is 158 Å². The predicted molar refractivity (Wildman–Crippen MR) is 93.5 cm³/mol. The molecule has 0 saturated carbocycles. The van der Waals surface area contributed by atoms with Crippen molar-refractivity contribution < 1.29 is 32.2 Å². The number of anilines is 1. The molecule has 148 valence electrons. The molecule has 1 unspecified atom stereocenters. The number of carbonyl (C=O) groups excluding carboxylic acids is 1. The van der Waals surface area contributed by atoms with Crippen molar-refractivity contribution in [1.29, 1.82) is 0 Å². The molecule has 9 heteroatoms. The molecule has 2 aromatic rings. The molecule has 2 heterocycles. The van der Waals surface area contributed by atoms with Gasteiger partial charge in [0.05, 0.1) is 6.42 Å². The first-order valence-corrected chi connectivity index (χ1v) is 8.68. The molecule has 2 N–H and O–H groups in total. The summed E-state index contributed by atoms with van der Waals surface area (Å²) >= 11 is 0. The van der Waals surface area contributed by atoms with E-state index in [0.29, 0.717) is 31.2 Å². The third-order valence-electron chi connectivity index (χ3n) is 4.40. The lowest BCUT2D eigenvalue weighted by molar-refractivity contribution is -0.274. The summed E-state index contributed by atoms with van der Waals surface area (Å²) in [7, 11) is 0. The summed E-state index contributed by atoms with van der Waals surface area (Å²) in [5.41, 5.74) is 2.34. The molecule has 2 aromatic carbocycles. The van der Waals surface area contributed by atoms with Crippen LogP contribution in [0, 0.1) is 0 Å². The average Bonchev–Trinajstić information content (AvgIpc) is 3.03. The first-order valence-electron chi connectivity index (χ1n) is 8.68. The smallest absolute Gasteiger partial charge is 0.486 e. The summed E-state index contributed by atoms with van der Waals surface area (Å²) < 4.78 is 52.1. The summed E-state index contributed by atoms with van der Waals surface area (Å²) in [6, 6.07) is 9.24. The van der Waals surface area contributed by atoms with Gasteiger partial charge in [-0.2, -0.15) is 0 Å². The first kappa shape index (κ1) is 18.4. The Morgan fingerprint density at radius 3 is 2.71 bits per heavy atom. The molecule has 1 amide bonds. The molecule has 2 aliphatic heterocycles. The van der Waals surface area contributed by atoms with Crippen molar-refractivity contribution in [2.75, 3.05) is 18.5 Å². The Morgan fingerprint density at radius 1 is 1.18 bits per heavy atom. The van der Waals surface area contributed by atoms with Crippen molar-refractivity contribution in [2.24, 2.45) is 0 Å². The van der Waals surface area contributed by atoms with Crippen LogP contribution in [0.2, 0.25) is 0 Å². The summed E-state index contributed by atoms with van der Waals surface area (Å²) in [5.74, 6) is 0.869. The van der Waals surface area contributed by atoms with E-state index < -0.39 is 6.36 Å². The fourth-order valence-corrected chi connectivity index (χ4v) is 3.17. The molecule has 0 saturated heterocycles. The van der Waals surface area contributed by atoms with Crippen LogP contribution < -0.4 is 24.8 Å². The Bertz CT molecular complexity index is 884.